The highest BCUT2D eigenvalue weighted by Gasteiger charge is 2.48. The second-order valence-electron chi connectivity index (χ2n) is 7.99. The fourth-order valence-electron chi connectivity index (χ4n) is 3.92. The van der Waals surface area contributed by atoms with E-state index in [1.165, 1.54) is 30.3 Å². The van der Waals surface area contributed by atoms with Crippen LogP contribution in [-0.4, -0.2) is 42.8 Å². The molecule has 0 spiro atoms. The van der Waals surface area contributed by atoms with Crippen LogP contribution in [0.15, 0.2) is 83.8 Å². The number of hydrogen-bond acceptors (Lipinski definition) is 5. The van der Waals surface area contributed by atoms with Crippen LogP contribution < -0.4 is 5.32 Å². The lowest BCUT2D eigenvalue weighted by Crippen LogP contribution is -2.56. The lowest BCUT2D eigenvalue weighted by atomic mass is 9.96. The summed E-state index contributed by atoms with van der Waals surface area (Å²) in [6.07, 6.45) is 0.895. The number of carbonyl (C=O) groups excluding carboxylic acids is 3. The van der Waals surface area contributed by atoms with Gasteiger partial charge in [0.1, 0.15) is 0 Å². The van der Waals surface area contributed by atoms with Gasteiger partial charge in [0.05, 0.1) is 11.4 Å². The van der Waals surface area contributed by atoms with Crippen LogP contribution in [0.2, 0.25) is 0 Å². The van der Waals surface area contributed by atoms with Crippen molar-refractivity contribution in [2.45, 2.75) is 30.8 Å². The minimum absolute atomic E-state index is 0.0514. The SMILES string of the molecule is CCc1ccc(CNC(=O)CN2C(C(=O)c3ccccc3)C(=O)c3ccccc3S2(=O)=O)cc1. The van der Waals surface area contributed by atoms with Gasteiger partial charge in [-0.1, -0.05) is 73.7 Å². The lowest BCUT2D eigenvalue weighted by molar-refractivity contribution is -0.121. The molecule has 0 radical (unpaired) electrons. The number of carbonyl (C=O) groups is 3. The van der Waals surface area contributed by atoms with Gasteiger partial charge in [-0.05, 0) is 29.7 Å². The van der Waals surface area contributed by atoms with Gasteiger partial charge in [-0.25, -0.2) is 8.42 Å². The standard InChI is InChI=1S/C26H24N2O5S/c1-2-18-12-14-19(15-13-18)16-27-23(29)17-28-24(25(30)20-8-4-3-5-9-20)26(31)21-10-6-7-11-22(21)34(28,32)33/h3-15,24H,2,16-17H2,1H3,(H,27,29). The summed E-state index contributed by atoms with van der Waals surface area (Å²) in [5.74, 6) is -1.94. The summed E-state index contributed by atoms with van der Waals surface area (Å²) in [6.45, 7) is 1.58. The topological polar surface area (TPSA) is 101 Å². The maximum absolute atomic E-state index is 13.4. The number of sulfonamides is 1. The highest BCUT2D eigenvalue weighted by atomic mass is 32.2. The van der Waals surface area contributed by atoms with Crippen molar-refractivity contribution in [1.82, 2.24) is 9.62 Å². The van der Waals surface area contributed by atoms with Crippen molar-refractivity contribution < 1.29 is 22.8 Å². The molecule has 1 aliphatic rings. The highest BCUT2D eigenvalue weighted by molar-refractivity contribution is 7.89. The van der Waals surface area contributed by atoms with Gasteiger partial charge in [-0.3, -0.25) is 14.4 Å². The second kappa shape index (κ2) is 9.70. The molecule has 1 aliphatic heterocycles. The first kappa shape index (κ1) is 23.5. The normalized spacial score (nSPS) is 17.1. The molecule has 0 saturated carbocycles. The smallest absolute Gasteiger partial charge is 0.245 e. The van der Waals surface area contributed by atoms with Crippen LogP contribution in [0.5, 0.6) is 0 Å². The van der Waals surface area contributed by atoms with Crippen LogP contribution in [0, 0.1) is 0 Å². The van der Waals surface area contributed by atoms with Crippen molar-refractivity contribution in [1.29, 1.82) is 0 Å². The summed E-state index contributed by atoms with van der Waals surface area (Å²) in [5, 5.41) is 2.69. The van der Waals surface area contributed by atoms with E-state index in [0.717, 1.165) is 17.5 Å². The first-order chi connectivity index (χ1) is 16.3. The Balaban J connectivity index is 1.63. The summed E-state index contributed by atoms with van der Waals surface area (Å²) in [4.78, 5) is 39.1. The molecule has 8 heteroatoms. The minimum Gasteiger partial charge on any atom is -0.351 e. The molecule has 0 fully saturated rings. The molecule has 1 heterocycles. The average molecular weight is 477 g/mol. The third-order valence-corrected chi connectivity index (χ3v) is 7.67. The van der Waals surface area contributed by atoms with Crippen molar-refractivity contribution >= 4 is 27.5 Å². The molecule has 0 saturated heterocycles. The Kier molecular flexibility index (Phi) is 6.72. The Bertz CT molecular complexity index is 1340. The number of Topliss-reactive ketones (excluding diaryl/α,β-unsaturated/α-hetero) is 2. The number of benzene rings is 3. The Hall–Kier alpha value is -3.62. The molecule has 3 aromatic carbocycles. The third kappa shape index (κ3) is 4.55. The Morgan fingerprint density at radius 3 is 2.18 bits per heavy atom. The molecule has 0 aromatic heterocycles. The molecule has 174 valence electrons. The summed E-state index contributed by atoms with van der Waals surface area (Å²) in [7, 11) is -4.27. The van der Waals surface area contributed by atoms with Gasteiger partial charge in [0.15, 0.2) is 17.6 Å². The average Bonchev–Trinajstić information content (AvgIpc) is 2.87. The lowest BCUT2D eigenvalue weighted by Gasteiger charge is -2.33. The Morgan fingerprint density at radius 2 is 1.50 bits per heavy atom. The van der Waals surface area contributed by atoms with Crippen LogP contribution in [0.1, 0.15) is 38.8 Å². The minimum atomic E-state index is -4.27. The largest absolute Gasteiger partial charge is 0.351 e. The zero-order chi connectivity index (χ0) is 24.3. The number of amides is 1. The van der Waals surface area contributed by atoms with E-state index < -0.39 is 40.1 Å². The monoisotopic (exact) mass is 476 g/mol. The van der Waals surface area contributed by atoms with Gasteiger partial charge in [-0.2, -0.15) is 4.31 Å². The van der Waals surface area contributed by atoms with Gasteiger partial charge in [0, 0.05) is 17.7 Å². The summed E-state index contributed by atoms with van der Waals surface area (Å²) < 4.78 is 27.5. The van der Waals surface area contributed by atoms with E-state index in [2.05, 4.69) is 5.32 Å². The molecule has 34 heavy (non-hydrogen) atoms. The number of rotatable bonds is 7. The van der Waals surface area contributed by atoms with Crippen molar-refractivity contribution in [2.75, 3.05) is 6.54 Å². The van der Waals surface area contributed by atoms with Gasteiger partial charge >= 0.3 is 0 Å². The van der Waals surface area contributed by atoms with Gasteiger partial charge in [0.2, 0.25) is 15.9 Å². The van der Waals surface area contributed by atoms with E-state index in [1.807, 2.05) is 31.2 Å². The third-order valence-electron chi connectivity index (χ3n) is 5.80. The molecule has 4 rings (SSSR count). The van der Waals surface area contributed by atoms with E-state index in [9.17, 15) is 22.8 Å². The summed E-state index contributed by atoms with van der Waals surface area (Å²) >= 11 is 0. The number of nitrogens with one attached hydrogen (secondary N) is 1. The van der Waals surface area contributed by atoms with Crippen LogP contribution in [0.3, 0.4) is 0 Å². The van der Waals surface area contributed by atoms with Gasteiger partial charge in [0.25, 0.3) is 0 Å². The van der Waals surface area contributed by atoms with E-state index in [4.69, 9.17) is 0 Å². The van der Waals surface area contributed by atoms with Crippen molar-refractivity contribution in [3.05, 3.63) is 101 Å². The van der Waals surface area contributed by atoms with Crippen molar-refractivity contribution in [3.63, 3.8) is 0 Å². The number of hydrogen-bond donors (Lipinski definition) is 1. The Labute approximate surface area is 198 Å². The predicted molar refractivity (Wildman–Crippen MR) is 127 cm³/mol. The predicted octanol–water partition coefficient (Wildman–Crippen LogP) is 3.00. The molecule has 1 amide bonds. The zero-order valence-corrected chi connectivity index (χ0v) is 19.4. The molecular weight excluding hydrogens is 452 g/mol. The van der Waals surface area contributed by atoms with Crippen LogP contribution in [0.25, 0.3) is 0 Å². The maximum atomic E-state index is 13.4. The molecule has 1 atom stereocenters. The molecule has 0 aliphatic carbocycles. The number of fused-ring (bicyclic) bond motifs is 1. The van der Waals surface area contributed by atoms with E-state index in [0.29, 0.717) is 4.31 Å². The summed E-state index contributed by atoms with van der Waals surface area (Å²) in [6, 6.07) is 19.8. The van der Waals surface area contributed by atoms with E-state index in [-0.39, 0.29) is 22.6 Å². The zero-order valence-electron chi connectivity index (χ0n) is 18.6. The fourth-order valence-corrected chi connectivity index (χ4v) is 5.62. The van der Waals surface area contributed by atoms with Crippen LogP contribution in [0.4, 0.5) is 0 Å². The van der Waals surface area contributed by atoms with Crippen LogP contribution >= 0.6 is 0 Å². The van der Waals surface area contributed by atoms with Crippen LogP contribution in [-0.2, 0) is 27.8 Å². The Morgan fingerprint density at radius 1 is 0.882 bits per heavy atom. The highest BCUT2D eigenvalue weighted by Crippen LogP contribution is 2.31. The number of aryl methyl sites for hydroxylation is 1. The molecule has 1 N–H and O–H groups in total. The molecule has 1 unspecified atom stereocenters. The van der Waals surface area contributed by atoms with Gasteiger partial charge in [-0.15, -0.1) is 0 Å². The van der Waals surface area contributed by atoms with Gasteiger partial charge < -0.3 is 5.32 Å². The number of nitrogens with zero attached hydrogens (tertiary/aromatic N) is 1. The second-order valence-corrected chi connectivity index (χ2v) is 9.85. The first-order valence-corrected chi connectivity index (χ1v) is 12.4. The summed E-state index contributed by atoms with van der Waals surface area (Å²) in [5.41, 5.74) is 2.15. The molecule has 7 nitrogen and oxygen atoms in total. The van der Waals surface area contributed by atoms with Crippen molar-refractivity contribution in [2.24, 2.45) is 0 Å². The van der Waals surface area contributed by atoms with E-state index in [1.54, 1.807) is 24.3 Å². The number of ketones is 2. The fraction of sp³-hybridized carbons (Fsp3) is 0.192. The molecule has 3 aromatic rings. The molecule has 0 bridgehead atoms. The molecular formula is C26H24N2O5S. The first-order valence-electron chi connectivity index (χ1n) is 10.9. The van der Waals surface area contributed by atoms with Crippen molar-refractivity contribution in [3.8, 4) is 0 Å². The van der Waals surface area contributed by atoms with E-state index >= 15 is 0 Å². The maximum Gasteiger partial charge on any atom is 0.245 e. The quantitative estimate of drug-likeness (QED) is 0.417.